The van der Waals surface area contributed by atoms with Gasteiger partial charge in [-0.25, -0.2) is 4.79 Å². The summed E-state index contributed by atoms with van der Waals surface area (Å²) in [6, 6.07) is 5.01. The molecule has 0 radical (unpaired) electrons. The highest BCUT2D eigenvalue weighted by atomic mass is 32.2. The zero-order valence-electron chi connectivity index (χ0n) is 11.8. The molecular weight excluding hydrogens is 278 g/mol. The van der Waals surface area contributed by atoms with E-state index in [0.717, 1.165) is 16.9 Å². The predicted octanol–water partition coefficient (Wildman–Crippen LogP) is 1.83. The number of thioether (sulfide) groups is 1. The Hall–Kier alpha value is -1.69. The van der Waals surface area contributed by atoms with Crippen molar-refractivity contribution in [1.82, 2.24) is 5.32 Å². The second kappa shape index (κ2) is 7.79. The number of methoxy groups -OCH3 is 1. The topological polar surface area (TPSA) is 75.6 Å². The molecule has 0 aliphatic carbocycles. The standard InChI is InChI=1S/C14H19NO4S/c1-9-4-5-13(19-3)11(6-9)7-20-8-12(14(17)18)15-10(2)16/h4-6,12H,7-8H2,1-3H3,(H,15,16)(H,17,18)/t12-/m0/s1. The minimum Gasteiger partial charge on any atom is -0.496 e. The fraction of sp³-hybridized carbons (Fsp3) is 0.429. The molecule has 0 fully saturated rings. The van der Waals surface area contributed by atoms with Crippen LogP contribution in [0.25, 0.3) is 0 Å². The number of carboxylic acids is 1. The van der Waals surface area contributed by atoms with E-state index < -0.39 is 12.0 Å². The number of carboxylic acid groups (broad SMARTS) is 1. The van der Waals surface area contributed by atoms with E-state index in [0.29, 0.717) is 11.5 Å². The number of aryl methyl sites for hydroxylation is 1. The fourth-order valence-electron chi connectivity index (χ4n) is 1.73. The van der Waals surface area contributed by atoms with Crippen molar-refractivity contribution in [2.45, 2.75) is 25.6 Å². The molecule has 1 amide bonds. The van der Waals surface area contributed by atoms with E-state index in [1.807, 2.05) is 25.1 Å². The van der Waals surface area contributed by atoms with Crippen LogP contribution < -0.4 is 10.1 Å². The van der Waals surface area contributed by atoms with Crippen LogP contribution in [-0.2, 0) is 15.3 Å². The number of benzene rings is 1. The molecule has 1 aromatic rings. The predicted molar refractivity (Wildman–Crippen MR) is 79.1 cm³/mol. The second-order valence-electron chi connectivity index (χ2n) is 4.42. The first kappa shape index (κ1) is 16.4. The maximum Gasteiger partial charge on any atom is 0.327 e. The number of carbonyl (C=O) groups excluding carboxylic acids is 1. The SMILES string of the molecule is COc1ccc(C)cc1CSC[C@H](NC(C)=O)C(=O)O. The monoisotopic (exact) mass is 297 g/mol. The van der Waals surface area contributed by atoms with Crippen LogP contribution in [0, 0.1) is 6.92 Å². The van der Waals surface area contributed by atoms with Gasteiger partial charge in [0.25, 0.3) is 0 Å². The molecule has 0 aromatic heterocycles. The van der Waals surface area contributed by atoms with Crippen molar-refractivity contribution < 1.29 is 19.4 Å². The largest absolute Gasteiger partial charge is 0.496 e. The average molecular weight is 297 g/mol. The third-order valence-electron chi connectivity index (χ3n) is 2.65. The smallest absolute Gasteiger partial charge is 0.327 e. The van der Waals surface area contributed by atoms with Crippen LogP contribution in [0.4, 0.5) is 0 Å². The van der Waals surface area contributed by atoms with Crippen molar-refractivity contribution in [2.24, 2.45) is 0 Å². The zero-order valence-corrected chi connectivity index (χ0v) is 12.6. The minimum atomic E-state index is -1.02. The Labute approximate surface area is 122 Å². The van der Waals surface area contributed by atoms with Crippen LogP contribution in [-0.4, -0.2) is 35.9 Å². The lowest BCUT2D eigenvalue weighted by Crippen LogP contribution is -2.41. The minimum absolute atomic E-state index is 0.312. The van der Waals surface area contributed by atoms with E-state index in [1.54, 1.807) is 7.11 Å². The maximum atomic E-state index is 11.0. The van der Waals surface area contributed by atoms with Crippen molar-refractivity contribution in [3.05, 3.63) is 29.3 Å². The number of rotatable bonds is 7. The number of nitrogens with one attached hydrogen (secondary N) is 1. The van der Waals surface area contributed by atoms with Crippen molar-refractivity contribution in [3.63, 3.8) is 0 Å². The summed E-state index contributed by atoms with van der Waals surface area (Å²) in [5.41, 5.74) is 2.14. The van der Waals surface area contributed by atoms with Gasteiger partial charge >= 0.3 is 5.97 Å². The first-order valence-electron chi connectivity index (χ1n) is 6.15. The summed E-state index contributed by atoms with van der Waals surface area (Å²) in [5.74, 6) is 0.366. The van der Waals surface area contributed by atoms with Gasteiger partial charge in [0.15, 0.2) is 0 Å². The molecule has 1 atom stereocenters. The van der Waals surface area contributed by atoms with Crippen LogP contribution in [0.3, 0.4) is 0 Å². The molecule has 0 spiro atoms. The molecule has 1 rings (SSSR count). The zero-order chi connectivity index (χ0) is 15.1. The molecule has 110 valence electrons. The highest BCUT2D eigenvalue weighted by Gasteiger charge is 2.18. The van der Waals surface area contributed by atoms with Crippen LogP contribution in [0.5, 0.6) is 5.75 Å². The van der Waals surface area contributed by atoms with Gasteiger partial charge in [-0.15, -0.1) is 0 Å². The number of hydrogen-bond acceptors (Lipinski definition) is 4. The highest BCUT2D eigenvalue weighted by molar-refractivity contribution is 7.98. The van der Waals surface area contributed by atoms with Crippen molar-refractivity contribution in [2.75, 3.05) is 12.9 Å². The average Bonchev–Trinajstić information content (AvgIpc) is 2.37. The summed E-state index contributed by atoms with van der Waals surface area (Å²) in [5, 5.41) is 11.4. The van der Waals surface area contributed by atoms with E-state index in [1.165, 1.54) is 18.7 Å². The lowest BCUT2D eigenvalue weighted by molar-refractivity contribution is -0.140. The van der Waals surface area contributed by atoms with E-state index >= 15 is 0 Å². The molecule has 0 aliphatic heterocycles. The van der Waals surface area contributed by atoms with Gasteiger partial charge in [0, 0.05) is 24.0 Å². The van der Waals surface area contributed by atoms with Gasteiger partial charge in [0.1, 0.15) is 11.8 Å². The van der Waals surface area contributed by atoms with Crippen LogP contribution >= 0.6 is 11.8 Å². The number of hydrogen-bond donors (Lipinski definition) is 2. The van der Waals surface area contributed by atoms with Crippen LogP contribution in [0.15, 0.2) is 18.2 Å². The molecule has 5 nitrogen and oxygen atoms in total. The molecule has 0 saturated heterocycles. The Morgan fingerprint density at radius 1 is 1.45 bits per heavy atom. The Bertz CT molecular complexity index is 490. The van der Waals surface area contributed by atoms with Crippen molar-refractivity contribution in [1.29, 1.82) is 0 Å². The van der Waals surface area contributed by atoms with E-state index in [4.69, 9.17) is 9.84 Å². The summed E-state index contributed by atoms with van der Waals surface area (Å²) in [4.78, 5) is 21.9. The third kappa shape index (κ3) is 5.13. The van der Waals surface area contributed by atoms with Gasteiger partial charge < -0.3 is 15.2 Å². The van der Waals surface area contributed by atoms with Gasteiger partial charge in [-0.1, -0.05) is 17.7 Å². The number of ether oxygens (including phenoxy) is 1. The second-order valence-corrected chi connectivity index (χ2v) is 5.45. The quantitative estimate of drug-likeness (QED) is 0.803. The fourth-order valence-corrected chi connectivity index (χ4v) is 2.75. The van der Waals surface area contributed by atoms with Gasteiger partial charge in [0.05, 0.1) is 7.11 Å². The summed E-state index contributed by atoms with van der Waals surface area (Å²) >= 11 is 1.45. The first-order chi connectivity index (χ1) is 9.43. The summed E-state index contributed by atoms with van der Waals surface area (Å²) in [6.45, 7) is 3.30. The van der Waals surface area contributed by atoms with Gasteiger partial charge in [-0.3, -0.25) is 4.79 Å². The lowest BCUT2D eigenvalue weighted by Gasteiger charge is -2.14. The Morgan fingerprint density at radius 2 is 2.15 bits per heavy atom. The third-order valence-corrected chi connectivity index (χ3v) is 3.74. The molecule has 0 unspecified atom stereocenters. The first-order valence-corrected chi connectivity index (χ1v) is 7.30. The number of carbonyl (C=O) groups is 2. The molecule has 1 aromatic carbocycles. The molecule has 0 heterocycles. The normalized spacial score (nSPS) is 11.8. The van der Waals surface area contributed by atoms with Crippen molar-refractivity contribution in [3.8, 4) is 5.75 Å². The van der Waals surface area contributed by atoms with E-state index in [2.05, 4.69) is 5.32 Å². The molecular formula is C14H19NO4S. The molecule has 2 N–H and O–H groups in total. The maximum absolute atomic E-state index is 11.0. The van der Waals surface area contributed by atoms with E-state index in [9.17, 15) is 9.59 Å². The molecule has 20 heavy (non-hydrogen) atoms. The van der Waals surface area contributed by atoms with Crippen LogP contribution in [0.2, 0.25) is 0 Å². The summed E-state index contributed by atoms with van der Waals surface area (Å²) in [7, 11) is 1.61. The molecule has 0 aliphatic rings. The Kier molecular flexibility index (Phi) is 6.38. The van der Waals surface area contributed by atoms with Gasteiger partial charge in [-0.2, -0.15) is 11.8 Å². The number of amides is 1. The lowest BCUT2D eigenvalue weighted by atomic mass is 10.1. The Morgan fingerprint density at radius 3 is 2.70 bits per heavy atom. The van der Waals surface area contributed by atoms with E-state index in [-0.39, 0.29) is 5.91 Å². The molecule has 6 heteroatoms. The molecule has 0 saturated carbocycles. The molecule has 0 bridgehead atoms. The summed E-state index contributed by atoms with van der Waals surface area (Å²) in [6.07, 6.45) is 0. The summed E-state index contributed by atoms with van der Waals surface area (Å²) < 4.78 is 5.27. The van der Waals surface area contributed by atoms with Gasteiger partial charge in [0.2, 0.25) is 5.91 Å². The number of aliphatic carboxylic acids is 1. The van der Waals surface area contributed by atoms with Crippen LogP contribution in [0.1, 0.15) is 18.1 Å². The Balaban J connectivity index is 2.60. The highest BCUT2D eigenvalue weighted by Crippen LogP contribution is 2.24. The van der Waals surface area contributed by atoms with Gasteiger partial charge in [-0.05, 0) is 13.0 Å². The van der Waals surface area contributed by atoms with Crippen molar-refractivity contribution >= 4 is 23.6 Å².